The fourth-order valence-corrected chi connectivity index (χ4v) is 2.32. The summed E-state index contributed by atoms with van der Waals surface area (Å²) in [6.07, 6.45) is 2.29. The first kappa shape index (κ1) is 16.3. The van der Waals surface area contributed by atoms with Gasteiger partial charge in [0.1, 0.15) is 0 Å². The normalized spacial score (nSPS) is 11.4. The smallest absolute Gasteiger partial charge is 0.221 e. The van der Waals surface area contributed by atoms with Crippen LogP contribution in [0.5, 0.6) is 0 Å². The zero-order chi connectivity index (χ0) is 13.1. The molecule has 102 valence electrons. The molecule has 6 nitrogen and oxygen atoms in total. The van der Waals surface area contributed by atoms with E-state index in [9.17, 15) is 13.2 Å². The second kappa shape index (κ2) is 9.38. The third kappa shape index (κ3) is 10.2. The summed E-state index contributed by atoms with van der Waals surface area (Å²) in [7, 11) is -3.26. The third-order valence-corrected chi connectivity index (χ3v) is 3.58. The van der Waals surface area contributed by atoms with Crippen molar-refractivity contribution in [2.45, 2.75) is 32.6 Å². The van der Waals surface area contributed by atoms with E-state index >= 15 is 0 Å². The number of carbonyl (C=O) groups is 1. The molecule has 0 rings (SSSR count). The van der Waals surface area contributed by atoms with Gasteiger partial charge < -0.3 is 11.1 Å². The van der Waals surface area contributed by atoms with Crippen molar-refractivity contribution in [2.75, 3.05) is 25.4 Å². The summed E-state index contributed by atoms with van der Waals surface area (Å²) in [5.41, 5.74) is 5.28. The van der Waals surface area contributed by atoms with Gasteiger partial charge in [0.25, 0.3) is 0 Å². The lowest BCUT2D eigenvalue weighted by Crippen LogP contribution is -2.32. The molecule has 0 aromatic heterocycles. The summed E-state index contributed by atoms with van der Waals surface area (Å²) < 4.78 is 25.2. The largest absolute Gasteiger partial charge is 0.356 e. The van der Waals surface area contributed by atoms with Crippen LogP contribution in [0.25, 0.3) is 0 Å². The number of hydrogen-bond acceptors (Lipinski definition) is 4. The van der Waals surface area contributed by atoms with Gasteiger partial charge >= 0.3 is 0 Å². The number of unbranched alkanes of at least 4 members (excludes halogenated alkanes) is 1. The highest BCUT2D eigenvalue weighted by Gasteiger charge is 2.09. The number of carbonyl (C=O) groups excluding carboxylic acids is 1. The Balaban J connectivity index is 3.68. The number of hydrogen-bond donors (Lipinski definition) is 3. The van der Waals surface area contributed by atoms with Gasteiger partial charge in [-0.05, 0) is 25.8 Å². The minimum absolute atomic E-state index is 0.0702. The topological polar surface area (TPSA) is 101 Å². The van der Waals surface area contributed by atoms with Crippen molar-refractivity contribution in [1.82, 2.24) is 10.0 Å². The lowest BCUT2D eigenvalue weighted by Gasteiger charge is -2.06. The van der Waals surface area contributed by atoms with Crippen molar-refractivity contribution in [3.63, 3.8) is 0 Å². The molecule has 1 amide bonds. The average molecular weight is 265 g/mol. The van der Waals surface area contributed by atoms with E-state index in [1.54, 1.807) is 0 Å². The van der Waals surface area contributed by atoms with Crippen molar-refractivity contribution < 1.29 is 13.2 Å². The van der Waals surface area contributed by atoms with Crippen molar-refractivity contribution in [2.24, 2.45) is 5.73 Å². The average Bonchev–Trinajstić information content (AvgIpc) is 2.26. The molecule has 0 aliphatic carbocycles. The minimum Gasteiger partial charge on any atom is -0.356 e. The molecule has 0 unspecified atom stereocenters. The Bertz CT molecular complexity index is 304. The van der Waals surface area contributed by atoms with Crippen LogP contribution in [0.3, 0.4) is 0 Å². The second-order valence-electron chi connectivity index (χ2n) is 3.81. The Morgan fingerprint density at radius 1 is 1.24 bits per heavy atom. The maximum Gasteiger partial charge on any atom is 0.221 e. The summed E-state index contributed by atoms with van der Waals surface area (Å²) >= 11 is 0. The van der Waals surface area contributed by atoms with E-state index in [0.29, 0.717) is 25.9 Å². The molecule has 0 heterocycles. The summed E-state index contributed by atoms with van der Waals surface area (Å²) in [5.74, 6) is -0.0580. The van der Waals surface area contributed by atoms with Crippen LogP contribution in [0, 0.1) is 0 Å². The molecule has 0 bridgehead atoms. The Morgan fingerprint density at radius 2 is 1.94 bits per heavy atom. The molecule has 0 saturated carbocycles. The predicted octanol–water partition coefficient (Wildman–Crippen LogP) is -0.439. The Hall–Kier alpha value is -0.660. The first-order valence-corrected chi connectivity index (χ1v) is 7.61. The molecule has 4 N–H and O–H groups in total. The van der Waals surface area contributed by atoms with Gasteiger partial charge in [-0.2, -0.15) is 0 Å². The number of nitrogens with one attached hydrogen (secondary N) is 2. The summed E-state index contributed by atoms with van der Waals surface area (Å²) in [6, 6.07) is 0. The molecule has 0 fully saturated rings. The first-order chi connectivity index (χ1) is 8.02. The van der Waals surface area contributed by atoms with E-state index in [1.807, 2.05) is 6.92 Å². The Labute approximate surface area is 103 Å². The van der Waals surface area contributed by atoms with Crippen LogP contribution in [-0.2, 0) is 14.8 Å². The van der Waals surface area contributed by atoms with E-state index < -0.39 is 10.0 Å². The van der Waals surface area contributed by atoms with E-state index in [4.69, 9.17) is 5.73 Å². The van der Waals surface area contributed by atoms with Crippen LogP contribution in [0.1, 0.15) is 32.6 Å². The highest BCUT2D eigenvalue weighted by molar-refractivity contribution is 7.89. The Morgan fingerprint density at radius 3 is 2.53 bits per heavy atom. The first-order valence-electron chi connectivity index (χ1n) is 5.96. The lowest BCUT2D eigenvalue weighted by molar-refractivity contribution is -0.120. The van der Waals surface area contributed by atoms with E-state index in [0.717, 1.165) is 6.42 Å². The van der Waals surface area contributed by atoms with Gasteiger partial charge in [-0.15, -0.1) is 0 Å². The second-order valence-corrected chi connectivity index (χ2v) is 5.74. The van der Waals surface area contributed by atoms with Gasteiger partial charge in [-0.25, -0.2) is 13.1 Å². The quantitative estimate of drug-likeness (QED) is 0.466. The molecule has 0 aliphatic heterocycles. The third-order valence-electron chi connectivity index (χ3n) is 2.11. The Kier molecular flexibility index (Phi) is 9.01. The number of nitrogens with two attached hydrogens (primary N) is 1. The van der Waals surface area contributed by atoms with E-state index in [1.165, 1.54) is 0 Å². The van der Waals surface area contributed by atoms with Crippen molar-refractivity contribution in [3.8, 4) is 0 Å². The molecular formula is C10H23N3O3S. The number of rotatable bonds is 10. The van der Waals surface area contributed by atoms with Crippen LogP contribution in [0.2, 0.25) is 0 Å². The maximum absolute atomic E-state index is 11.4. The molecule has 0 aromatic carbocycles. The molecule has 0 aliphatic rings. The molecule has 0 saturated heterocycles. The standard InChI is InChI=1S/C10H23N3O3S/c1-2-7-12-10(14)5-8-13-17(15,16)9-4-3-6-11/h13H,2-9,11H2,1H3,(H,12,14). The number of sulfonamides is 1. The van der Waals surface area contributed by atoms with Crippen molar-refractivity contribution >= 4 is 15.9 Å². The lowest BCUT2D eigenvalue weighted by atomic mass is 10.3. The maximum atomic E-state index is 11.4. The zero-order valence-electron chi connectivity index (χ0n) is 10.4. The fraction of sp³-hybridized carbons (Fsp3) is 0.900. The van der Waals surface area contributed by atoms with Gasteiger partial charge in [-0.1, -0.05) is 6.92 Å². The van der Waals surface area contributed by atoms with Crippen LogP contribution in [0.4, 0.5) is 0 Å². The number of amides is 1. The summed E-state index contributed by atoms with van der Waals surface area (Å²) in [5, 5.41) is 2.68. The summed E-state index contributed by atoms with van der Waals surface area (Å²) in [6.45, 7) is 3.23. The highest BCUT2D eigenvalue weighted by atomic mass is 32.2. The van der Waals surface area contributed by atoms with Gasteiger partial charge in [-0.3, -0.25) is 4.79 Å². The molecule has 0 aromatic rings. The SMILES string of the molecule is CCCNC(=O)CCNS(=O)(=O)CCCCN. The van der Waals surface area contributed by atoms with E-state index in [2.05, 4.69) is 10.0 Å². The van der Waals surface area contributed by atoms with Gasteiger partial charge in [0.15, 0.2) is 0 Å². The molecule has 17 heavy (non-hydrogen) atoms. The van der Waals surface area contributed by atoms with Crippen LogP contribution >= 0.6 is 0 Å². The highest BCUT2D eigenvalue weighted by Crippen LogP contribution is 1.93. The monoisotopic (exact) mass is 265 g/mol. The van der Waals surface area contributed by atoms with Crippen LogP contribution < -0.4 is 15.8 Å². The van der Waals surface area contributed by atoms with Crippen molar-refractivity contribution in [1.29, 1.82) is 0 Å². The molecular weight excluding hydrogens is 242 g/mol. The molecule has 0 atom stereocenters. The fourth-order valence-electron chi connectivity index (χ4n) is 1.18. The predicted molar refractivity (Wildman–Crippen MR) is 68.0 cm³/mol. The zero-order valence-corrected chi connectivity index (χ0v) is 11.2. The van der Waals surface area contributed by atoms with E-state index in [-0.39, 0.29) is 24.6 Å². The van der Waals surface area contributed by atoms with Gasteiger partial charge in [0, 0.05) is 19.5 Å². The molecule has 0 spiro atoms. The molecule has 0 radical (unpaired) electrons. The summed E-state index contributed by atoms with van der Waals surface area (Å²) in [4.78, 5) is 11.2. The van der Waals surface area contributed by atoms with Crippen LogP contribution in [0.15, 0.2) is 0 Å². The minimum atomic E-state index is -3.26. The van der Waals surface area contributed by atoms with Gasteiger partial charge in [0.05, 0.1) is 5.75 Å². The van der Waals surface area contributed by atoms with Gasteiger partial charge in [0.2, 0.25) is 15.9 Å². The van der Waals surface area contributed by atoms with Crippen molar-refractivity contribution in [3.05, 3.63) is 0 Å². The van der Waals surface area contributed by atoms with Crippen LogP contribution in [-0.4, -0.2) is 39.7 Å². The molecule has 7 heteroatoms.